The van der Waals surface area contributed by atoms with Crippen LogP contribution >= 0.6 is 0 Å². The summed E-state index contributed by atoms with van der Waals surface area (Å²) in [5.41, 5.74) is 0. The van der Waals surface area contributed by atoms with Crippen LogP contribution in [0.2, 0.25) is 0 Å². The topological polar surface area (TPSA) is 75.8 Å². The van der Waals surface area contributed by atoms with Gasteiger partial charge >= 0.3 is 51.4 Å². The van der Waals surface area contributed by atoms with Crippen LogP contribution in [0.25, 0.3) is 5.14 Å². The zero-order valence-electron chi connectivity index (χ0n) is 6.27. The Bertz CT molecular complexity index is 331. The van der Waals surface area contributed by atoms with E-state index in [2.05, 4.69) is 4.98 Å². The molecule has 1 aromatic heterocycles. The Kier molecular flexibility index (Phi) is 4.41. The molecule has 0 saturated carbocycles. The first kappa shape index (κ1) is 11.8. The summed E-state index contributed by atoms with van der Waals surface area (Å²) in [5, 5.41) is 6.37. The van der Waals surface area contributed by atoms with Crippen LogP contribution in [0.1, 0.15) is 0 Å². The van der Waals surface area contributed by atoms with Gasteiger partial charge < -0.3 is 9.71 Å². The molecule has 0 aliphatic heterocycles. The molecule has 1 heterocycles. The fourth-order valence-corrected chi connectivity index (χ4v) is 1.02. The SMILES string of the molecule is Cn1cnc(S([NH-])(=O)=O)c1.[K+]. The van der Waals surface area contributed by atoms with Crippen LogP contribution in [0.3, 0.4) is 0 Å². The number of aromatic nitrogens is 2. The molecule has 0 atom stereocenters. The van der Waals surface area contributed by atoms with Gasteiger partial charge in [0.15, 0.2) is 5.03 Å². The van der Waals surface area contributed by atoms with Crippen LogP contribution in [0.15, 0.2) is 17.6 Å². The number of imidazole rings is 1. The molecule has 0 aromatic carbocycles. The van der Waals surface area contributed by atoms with Crippen molar-refractivity contribution >= 4 is 10.0 Å². The van der Waals surface area contributed by atoms with Crippen molar-refractivity contribution in [3.05, 3.63) is 17.7 Å². The van der Waals surface area contributed by atoms with E-state index in [9.17, 15) is 8.42 Å². The van der Waals surface area contributed by atoms with Crippen molar-refractivity contribution in [1.29, 1.82) is 0 Å². The first-order valence-electron chi connectivity index (χ1n) is 2.48. The summed E-state index contributed by atoms with van der Waals surface area (Å²) < 4.78 is 22.3. The smallest absolute Gasteiger partial charge is 0.558 e. The van der Waals surface area contributed by atoms with Crippen molar-refractivity contribution in [1.82, 2.24) is 9.55 Å². The average molecular weight is 199 g/mol. The molecule has 7 heteroatoms. The molecule has 0 unspecified atom stereocenters. The van der Waals surface area contributed by atoms with Gasteiger partial charge in [0.1, 0.15) is 10.0 Å². The minimum atomic E-state index is -3.86. The van der Waals surface area contributed by atoms with E-state index in [1.54, 1.807) is 7.05 Å². The molecular formula is C4H6KN3O2S. The van der Waals surface area contributed by atoms with E-state index in [4.69, 9.17) is 5.14 Å². The maximum absolute atomic E-state index is 10.4. The number of nitrogens with one attached hydrogen (secondary N) is 1. The third-order valence-electron chi connectivity index (χ3n) is 0.957. The predicted molar refractivity (Wildman–Crippen MR) is 34.7 cm³/mol. The van der Waals surface area contributed by atoms with Crippen molar-refractivity contribution < 1.29 is 59.8 Å². The third kappa shape index (κ3) is 3.32. The molecule has 0 amide bonds. The molecule has 0 aliphatic carbocycles. The van der Waals surface area contributed by atoms with Crippen LogP contribution in [0.5, 0.6) is 0 Å². The summed E-state index contributed by atoms with van der Waals surface area (Å²) in [5.74, 6) is 0. The molecule has 1 aromatic rings. The summed E-state index contributed by atoms with van der Waals surface area (Å²) in [7, 11) is -2.22. The Labute approximate surface area is 107 Å². The minimum Gasteiger partial charge on any atom is -0.558 e. The standard InChI is InChI=1S/C4H6N3O2S.K/c1-7-2-4(6-3-7)10(5,8)9;/h2-3H,1H3,(H-,5,8,9);/q-1;+1. The molecule has 5 nitrogen and oxygen atoms in total. The number of hydrogen-bond acceptors (Lipinski definition) is 3. The summed E-state index contributed by atoms with van der Waals surface area (Å²) in [6, 6.07) is 0. The van der Waals surface area contributed by atoms with Crippen LogP contribution in [0.4, 0.5) is 0 Å². The van der Waals surface area contributed by atoms with Crippen molar-refractivity contribution in [3.8, 4) is 0 Å². The van der Waals surface area contributed by atoms with Gasteiger partial charge in [0, 0.05) is 13.2 Å². The van der Waals surface area contributed by atoms with Gasteiger partial charge in [-0.2, -0.15) is 0 Å². The largest absolute Gasteiger partial charge is 1.00 e. The van der Waals surface area contributed by atoms with E-state index in [0.717, 1.165) is 0 Å². The van der Waals surface area contributed by atoms with Gasteiger partial charge in [0.05, 0.1) is 6.33 Å². The molecule has 0 radical (unpaired) electrons. The Morgan fingerprint density at radius 1 is 1.64 bits per heavy atom. The molecule has 56 valence electrons. The molecule has 0 spiro atoms. The van der Waals surface area contributed by atoms with E-state index in [1.807, 2.05) is 0 Å². The van der Waals surface area contributed by atoms with E-state index in [0.29, 0.717) is 0 Å². The zero-order chi connectivity index (χ0) is 7.78. The molecule has 0 bridgehead atoms. The van der Waals surface area contributed by atoms with Crippen molar-refractivity contribution in [3.63, 3.8) is 0 Å². The van der Waals surface area contributed by atoms with Gasteiger partial charge in [-0.1, -0.05) is 0 Å². The van der Waals surface area contributed by atoms with Crippen molar-refractivity contribution in [2.75, 3.05) is 0 Å². The Morgan fingerprint density at radius 3 is 2.36 bits per heavy atom. The summed E-state index contributed by atoms with van der Waals surface area (Å²) in [6.45, 7) is 0. The molecule has 11 heavy (non-hydrogen) atoms. The Balaban J connectivity index is 0.000001000. The van der Waals surface area contributed by atoms with E-state index in [1.165, 1.54) is 17.1 Å². The van der Waals surface area contributed by atoms with E-state index in [-0.39, 0.29) is 56.4 Å². The van der Waals surface area contributed by atoms with Crippen molar-refractivity contribution in [2.45, 2.75) is 5.03 Å². The van der Waals surface area contributed by atoms with Crippen LogP contribution in [-0.4, -0.2) is 18.0 Å². The number of nitrogens with zero attached hydrogens (tertiary/aromatic N) is 2. The monoisotopic (exact) mass is 199 g/mol. The molecule has 0 aliphatic rings. The van der Waals surface area contributed by atoms with Gasteiger partial charge in [-0.25, -0.2) is 13.4 Å². The normalized spacial score (nSPS) is 10.7. The van der Waals surface area contributed by atoms with Crippen molar-refractivity contribution in [2.24, 2.45) is 7.05 Å². The fourth-order valence-electron chi connectivity index (χ4n) is 0.528. The molecule has 0 saturated heterocycles. The first-order valence-corrected chi connectivity index (χ1v) is 3.96. The summed E-state index contributed by atoms with van der Waals surface area (Å²) in [4.78, 5) is 3.47. The fraction of sp³-hybridized carbons (Fsp3) is 0.250. The average Bonchev–Trinajstić information content (AvgIpc) is 2.11. The Hall–Kier alpha value is 0.756. The molecule has 0 fully saturated rings. The first-order chi connectivity index (χ1) is 4.50. The zero-order valence-corrected chi connectivity index (χ0v) is 10.2. The summed E-state index contributed by atoms with van der Waals surface area (Å²) in [6.07, 6.45) is 2.61. The maximum atomic E-state index is 10.4. The predicted octanol–water partition coefficient (Wildman–Crippen LogP) is -2.83. The van der Waals surface area contributed by atoms with Gasteiger partial charge in [-0.05, 0) is 0 Å². The second kappa shape index (κ2) is 4.12. The second-order valence-electron chi connectivity index (χ2n) is 1.88. The van der Waals surface area contributed by atoms with Gasteiger partial charge in [-0.15, -0.1) is 0 Å². The summed E-state index contributed by atoms with van der Waals surface area (Å²) >= 11 is 0. The maximum Gasteiger partial charge on any atom is 1.00 e. The third-order valence-corrected chi connectivity index (χ3v) is 1.72. The number of aryl methyl sites for hydroxylation is 1. The molecule has 1 N–H and O–H groups in total. The number of rotatable bonds is 1. The quantitative estimate of drug-likeness (QED) is 0.457. The number of sulfonamides is 1. The molecule has 1 rings (SSSR count). The van der Waals surface area contributed by atoms with Crippen LogP contribution in [0, 0.1) is 0 Å². The Morgan fingerprint density at radius 2 is 2.18 bits per heavy atom. The van der Waals surface area contributed by atoms with E-state index < -0.39 is 10.0 Å². The molecular weight excluding hydrogens is 193 g/mol. The number of hydrogen-bond donors (Lipinski definition) is 0. The van der Waals surface area contributed by atoms with Crippen LogP contribution in [-0.2, 0) is 17.1 Å². The second-order valence-corrected chi connectivity index (χ2v) is 3.31. The van der Waals surface area contributed by atoms with E-state index >= 15 is 0 Å². The van der Waals surface area contributed by atoms with Crippen LogP contribution < -0.4 is 51.4 Å². The minimum absolute atomic E-state index is 0. The van der Waals surface area contributed by atoms with Gasteiger partial charge in [0.25, 0.3) is 0 Å². The van der Waals surface area contributed by atoms with Gasteiger partial charge in [-0.3, -0.25) is 0 Å². The van der Waals surface area contributed by atoms with Gasteiger partial charge in [0.2, 0.25) is 0 Å².